The van der Waals surface area contributed by atoms with Crippen LogP contribution in [-0.2, 0) is 0 Å². The molecule has 1 unspecified atom stereocenters. The molecule has 5 heteroatoms. The van der Waals surface area contributed by atoms with Crippen molar-refractivity contribution in [3.8, 4) is 0 Å². The van der Waals surface area contributed by atoms with Crippen LogP contribution < -0.4 is 11.3 Å². The molecule has 0 spiro atoms. The smallest absolute Gasteiger partial charge is 0.208 e. The maximum absolute atomic E-state index is 5.57. The van der Waals surface area contributed by atoms with Gasteiger partial charge in [0, 0.05) is 26.2 Å². The number of guanidine groups is 1. The summed E-state index contributed by atoms with van der Waals surface area (Å²) in [6.45, 7) is 10.7. The predicted octanol–water partition coefficient (Wildman–Crippen LogP) is 0.878. The van der Waals surface area contributed by atoms with Crippen LogP contribution in [0.25, 0.3) is 0 Å². The van der Waals surface area contributed by atoms with Gasteiger partial charge in [0.1, 0.15) is 0 Å². The van der Waals surface area contributed by atoms with Crippen molar-refractivity contribution in [3.63, 3.8) is 0 Å². The summed E-state index contributed by atoms with van der Waals surface area (Å²) in [5.41, 5.74) is 2.72. The van der Waals surface area contributed by atoms with E-state index in [9.17, 15) is 0 Å². The molecule has 0 aliphatic carbocycles. The summed E-state index contributed by atoms with van der Waals surface area (Å²) in [6.07, 6.45) is 2.58. The molecule has 1 atom stereocenters. The van der Waals surface area contributed by atoms with Gasteiger partial charge in [-0.2, -0.15) is 0 Å². The second-order valence-corrected chi connectivity index (χ2v) is 5.51. The number of rotatable bonds is 5. The summed E-state index contributed by atoms with van der Waals surface area (Å²) in [6, 6.07) is 0.637. The van der Waals surface area contributed by atoms with Gasteiger partial charge in [-0.15, -0.1) is 0 Å². The minimum Gasteiger partial charge on any atom is -0.343 e. The van der Waals surface area contributed by atoms with E-state index in [1.807, 2.05) is 0 Å². The predicted molar refractivity (Wildman–Crippen MR) is 77.4 cm³/mol. The summed E-state index contributed by atoms with van der Waals surface area (Å²) in [4.78, 5) is 9.20. The van der Waals surface area contributed by atoms with Gasteiger partial charge in [-0.25, -0.2) is 5.84 Å². The minimum atomic E-state index is 0.556. The first-order valence-corrected chi connectivity index (χ1v) is 7.04. The van der Waals surface area contributed by atoms with Crippen LogP contribution in [0.3, 0.4) is 0 Å². The zero-order valence-electron chi connectivity index (χ0n) is 12.3. The summed E-state index contributed by atoms with van der Waals surface area (Å²) in [5.74, 6) is 6.92. The number of likely N-dealkylation sites (N-methyl/N-ethyl adjacent to an activating group) is 2. The van der Waals surface area contributed by atoms with E-state index in [0.29, 0.717) is 12.0 Å². The Bertz CT molecular complexity index is 264. The molecule has 3 N–H and O–H groups in total. The van der Waals surface area contributed by atoms with Crippen LogP contribution in [0.4, 0.5) is 0 Å². The molecule has 5 nitrogen and oxygen atoms in total. The quantitative estimate of drug-likeness (QED) is 0.331. The molecule has 1 rings (SSSR count). The number of likely N-dealkylation sites (tertiary alicyclic amines) is 1. The third-order valence-corrected chi connectivity index (χ3v) is 3.49. The third-order valence-electron chi connectivity index (χ3n) is 3.49. The largest absolute Gasteiger partial charge is 0.343 e. The molecular formula is C13H29N5. The molecule has 0 aromatic rings. The molecule has 0 amide bonds. The fourth-order valence-electron chi connectivity index (χ4n) is 2.47. The molecule has 1 fully saturated rings. The third kappa shape index (κ3) is 4.46. The van der Waals surface area contributed by atoms with Crippen molar-refractivity contribution in [1.82, 2.24) is 15.2 Å². The van der Waals surface area contributed by atoms with Crippen LogP contribution in [0.2, 0.25) is 0 Å². The molecule has 18 heavy (non-hydrogen) atoms. The Morgan fingerprint density at radius 1 is 1.56 bits per heavy atom. The molecule has 1 saturated heterocycles. The molecule has 0 radical (unpaired) electrons. The molecule has 0 saturated carbocycles. The van der Waals surface area contributed by atoms with Crippen LogP contribution in [0.5, 0.6) is 0 Å². The lowest BCUT2D eigenvalue weighted by Gasteiger charge is -2.29. The Kier molecular flexibility index (Phi) is 6.43. The van der Waals surface area contributed by atoms with Gasteiger partial charge in [0.15, 0.2) is 0 Å². The molecule has 0 aromatic carbocycles. The van der Waals surface area contributed by atoms with E-state index in [2.05, 4.69) is 48.0 Å². The zero-order chi connectivity index (χ0) is 13.5. The summed E-state index contributed by atoms with van der Waals surface area (Å²) < 4.78 is 0. The maximum atomic E-state index is 5.57. The van der Waals surface area contributed by atoms with E-state index in [0.717, 1.165) is 25.6 Å². The van der Waals surface area contributed by atoms with E-state index >= 15 is 0 Å². The van der Waals surface area contributed by atoms with Crippen molar-refractivity contribution in [1.29, 1.82) is 0 Å². The first kappa shape index (κ1) is 15.2. The molecule has 0 bridgehead atoms. The molecule has 0 aromatic heterocycles. The van der Waals surface area contributed by atoms with Gasteiger partial charge < -0.3 is 4.90 Å². The van der Waals surface area contributed by atoms with Gasteiger partial charge in [-0.05, 0) is 31.8 Å². The van der Waals surface area contributed by atoms with Gasteiger partial charge >= 0.3 is 0 Å². The van der Waals surface area contributed by atoms with Gasteiger partial charge in [0.2, 0.25) is 5.96 Å². The first-order valence-electron chi connectivity index (χ1n) is 7.04. The number of hydrogen-bond donors (Lipinski definition) is 2. The minimum absolute atomic E-state index is 0.556. The molecule has 1 aliphatic heterocycles. The van der Waals surface area contributed by atoms with Crippen LogP contribution in [0, 0.1) is 5.92 Å². The number of aliphatic imine (C=N–C) groups is 1. The summed E-state index contributed by atoms with van der Waals surface area (Å²) in [7, 11) is 2.06. The van der Waals surface area contributed by atoms with Crippen molar-refractivity contribution in [3.05, 3.63) is 0 Å². The fraction of sp³-hybridized carbons (Fsp3) is 0.923. The second-order valence-electron chi connectivity index (χ2n) is 5.51. The van der Waals surface area contributed by atoms with E-state index < -0.39 is 0 Å². The second kappa shape index (κ2) is 7.59. The highest BCUT2D eigenvalue weighted by molar-refractivity contribution is 5.79. The number of hydrazine groups is 1. The normalized spacial score (nSPS) is 21.7. The SMILES string of the molecule is CCN1CCCC1CN(C)C(=NCC(C)C)NN. The van der Waals surface area contributed by atoms with E-state index in [-0.39, 0.29) is 0 Å². The Hall–Kier alpha value is -0.810. The van der Waals surface area contributed by atoms with Gasteiger partial charge in [-0.1, -0.05) is 20.8 Å². The highest BCUT2D eigenvalue weighted by Gasteiger charge is 2.24. The van der Waals surface area contributed by atoms with E-state index in [1.165, 1.54) is 19.4 Å². The summed E-state index contributed by atoms with van der Waals surface area (Å²) >= 11 is 0. The van der Waals surface area contributed by atoms with Crippen LogP contribution in [0.15, 0.2) is 4.99 Å². The summed E-state index contributed by atoms with van der Waals surface area (Å²) in [5, 5.41) is 0. The molecule has 1 heterocycles. The van der Waals surface area contributed by atoms with Crippen molar-refractivity contribution < 1.29 is 0 Å². The van der Waals surface area contributed by atoms with Gasteiger partial charge in [0.05, 0.1) is 0 Å². The zero-order valence-corrected chi connectivity index (χ0v) is 12.3. The lowest BCUT2D eigenvalue weighted by Crippen LogP contribution is -2.48. The number of nitrogens with two attached hydrogens (primary N) is 1. The maximum Gasteiger partial charge on any atom is 0.208 e. The number of nitrogens with zero attached hydrogens (tertiary/aromatic N) is 3. The molecule has 1 aliphatic rings. The van der Waals surface area contributed by atoms with Gasteiger partial charge in [0.25, 0.3) is 0 Å². The van der Waals surface area contributed by atoms with Crippen molar-refractivity contribution in [2.24, 2.45) is 16.8 Å². The Morgan fingerprint density at radius 3 is 2.83 bits per heavy atom. The van der Waals surface area contributed by atoms with Crippen LogP contribution >= 0.6 is 0 Å². The van der Waals surface area contributed by atoms with Crippen LogP contribution in [-0.4, -0.2) is 55.0 Å². The monoisotopic (exact) mass is 255 g/mol. The Balaban J connectivity index is 2.51. The van der Waals surface area contributed by atoms with Crippen molar-refractivity contribution in [2.45, 2.75) is 39.7 Å². The number of nitrogens with one attached hydrogen (secondary N) is 1. The lowest BCUT2D eigenvalue weighted by atomic mass is 10.2. The average Bonchev–Trinajstić information content (AvgIpc) is 2.76. The Labute approximate surface area is 111 Å². The lowest BCUT2D eigenvalue weighted by molar-refractivity contribution is 0.232. The standard InChI is InChI=1S/C13H29N5/c1-5-18-8-6-7-12(18)10-17(4)13(16-14)15-9-11(2)3/h11-12H,5-10,14H2,1-4H3,(H,15,16). The number of hydrogen-bond acceptors (Lipinski definition) is 3. The van der Waals surface area contributed by atoms with Gasteiger partial charge in [-0.3, -0.25) is 15.3 Å². The van der Waals surface area contributed by atoms with Crippen molar-refractivity contribution >= 4 is 5.96 Å². The molecular weight excluding hydrogens is 226 g/mol. The average molecular weight is 255 g/mol. The van der Waals surface area contributed by atoms with E-state index in [4.69, 9.17) is 5.84 Å². The first-order chi connectivity index (χ1) is 8.58. The molecule has 106 valence electrons. The Morgan fingerprint density at radius 2 is 2.28 bits per heavy atom. The highest BCUT2D eigenvalue weighted by atomic mass is 15.4. The van der Waals surface area contributed by atoms with E-state index in [1.54, 1.807) is 0 Å². The fourth-order valence-corrected chi connectivity index (χ4v) is 2.47. The van der Waals surface area contributed by atoms with Crippen molar-refractivity contribution in [2.75, 3.05) is 33.2 Å². The highest BCUT2D eigenvalue weighted by Crippen LogP contribution is 2.17. The van der Waals surface area contributed by atoms with Crippen LogP contribution in [0.1, 0.15) is 33.6 Å². The topological polar surface area (TPSA) is 56.9 Å².